The van der Waals surface area contributed by atoms with E-state index in [-0.39, 0.29) is 0 Å². The van der Waals surface area contributed by atoms with Crippen molar-refractivity contribution in [2.75, 3.05) is 34.9 Å². The predicted molar refractivity (Wildman–Crippen MR) is 49.1 cm³/mol. The Hall–Kier alpha value is 0.0969. The summed E-state index contributed by atoms with van der Waals surface area (Å²) in [6, 6.07) is 1.10. The summed E-state index contributed by atoms with van der Waals surface area (Å²) in [7, 11) is 6.35. The van der Waals surface area contributed by atoms with E-state index in [1.54, 1.807) is 14.2 Å². The van der Waals surface area contributed by atoms with E-state index in [4.69, 9.17) is 8.85 Å². The molecule has 4 heteroatoms. The normalized spacial score (nSPS) is 11.5. The summed E-state index contributed by atoms with van der Waals surface area (Å²) >= 11 is 0. The summed E-state index contributed by atoms with van der Waals surface area (Å²) in [4.78, 5) is 2.18. The highest BCUT2D eigenvalue weighted by molar-refractivity contribution is 6.44. The number of hydrogen-bond acceptors (Lipinski definition) is 3. The van der Waals surface area contributed by atoms with Crippen molar-refractivity contribution in [1.29, 1.82) is 0 Å². The minimum Gasteiger partial charge on any atom is -0.400 e. The van der Waals surface area contributed by atoms with Gasteiger partial charge >= 0.3 is 9.28 Å². The van der Waals surface area contributed by atoms with Crippen LogP contribution in [0.2, 0.25) is 6.04 Å². The maximum absolute atomic E-state index is 5.18. The summed E-state index contributed by atoms with van der Waals surface area (Å²) in [5.41, 5.74) is 0. The topological polar surface area (TPSA) is 21.7 Å². The lowest BCUT2D eigenvalue weighted by atomic mass is 10.5. The van der Waals surface area contributed by atoms with Gasteiger partial charge in [0.15, 0.2) is 0 Å². The van der Waals surface area contributed by atoms with E-state index in [2.05, 4.69) is 19.0 Å². The van der Waals surface area contributed by atoms with Crippen LogP contribution in [0, 0.1) is 0 Å². The summed E-state index contributed by atoms with van der Waals surface area (Å²) in [6.45, 7) is 1.12. The third kappa shape index (κ3) is 6.49. The Morgan fingerprint density at radius 2 is 1.73 bits per heavy atom. The van der Waals surface area contributed by atoms with Crippen molar-refractivity contribution in [3.8, 4) is 0 Å². The molecule has 0 unspecified atom stereocenters. The molecule has 0 bridgehead atoms. The van der Waals surface area contributed by atoms with E-state index in [1.807, 2.05) is 0 Å². The van der Waals surface area contributed by atoms with Gasteiger partial charge in [-0.3, -0.25) is 0 Å². The molecule has 0 N–H and O–H groups in total. The van der Waals surface area contributed by atoms with Gasteiger partial charge in [-0.05, 0) is 33.1 Å². The van der Waals surface area contributed by atoms with Crippen LogP contribution in [0.15, 0.2) is 0 Å². The molecule has 0 aliphatic rings. The molecule has 0 saturated heterocycles. The van der Waals surface area contributed by atoms with E-state index >= 15 is 0 Å². The maximum Gasteiger partial charge on any atom is 0.320 e. The Kier molecular flexibility index (Phi) is 6.85. The molecule has 0 radical (unpaired) electrons. The Morgan fingerprint density at radius 3 is 2.09 bits per heavy atom. The lowest BCUT2D eigenvalue weighted by molar-refractivity contribution is 0.274. The molecular formula is C7H19NO2Si. The molecule has 0 aromatic carbocycles. The van der Waals surface area contributed by atoms with Crippen molar-refractivity contribution in [2.24, 2.45) is 0 Å². The van der Waals surface area contributed by atoms with Crippen LogP contribution in [0.1, 0.15) is 6.42 Å². The van der Waals surface area contributed by atoms with Crippen LogP contribution < -0.4 is 0 Å². The first-order chi connectivity index (χ1) is 5.20. The van der Waals surface area contributed by atoms with E-state index < -0.39 is 9.28 Å². The molecule has 0 aromatic heterocycles. The van der Waals surface area contributed by atoms with Crippen LogP contribution in [-0.4, -0.2) is 49.0 Å². The maximum atomic E-state index is 5.18. The van der Waals surface area contributed by atoms with Gasteiger partial charge in [0, 0.05) is 14.2 Å². The molecule has 0 atom stereocenters. The largest absolute Gasteiger partial charge is 0.400 e. The minimum atomic E-state index is -1.28. The molecule has 0 aromatic rings. The zero-order valence-corrected chi connectivity index (χ0v) is 9.12. The molecule has 0 fully saturated rings. The van der Waals surface area contributed by atoms with Crippen molar-refractivity contribution in [3.05, 3.63) is 0 Å². The second-order valence-electron chi connectivity index (χ2n) is 2.85. The molecule has 0 saturated carbocycles. The first-order valence-corrected chi connectivity index (χ1v) is 5.67. The van der Waals surface area contributed by atoms with Crippen molar-refractivity contribution in [3.63, 3.8) is 0 Å². The molecule has 0 spiro atoms. The van der Waals surface area contributed by atoms with Crippen LogP contribution in [0.4, 0.5) is 0 Å². The lowest BCUT2D eigenvalue weighted by Crippen LogP contribution is -2.21. The summed E-state index contributed by atoms with van der Waals surface area (Å²) in [5.74, 6) is 0. The Morgan fingerprint density at radius 1 is 1.18 bits per heavy atom. The van der Waals surface area contributed by atoms with Gasteiger partial charge in [-0.15, -0.1) is 0 Å². The van der Waals surface area contributed by atoms with Crippen molar-refractivity contribution >= 4 is 9.28 Å². The standard InChI is InChI=1S/C7H19NO2Si/c1-8(2)6-5-7-11(9-3)10-4/h11H,5-7H2,1-4H3. The van der Waals surface area contributed by atoms with Crippen LogP contribution in [0.3, 0.4) is 0 Å². The van der Waals surface area contributed by atoms with Gasteiger partial charge in [0.25, 0.3) is 0 Å². The smallest absolute Gasteiger partial charge is 0.320 e. The average molecular weight is 177 g/mol. The number of rotatable bonds is 6. The second kappa shape index (κ2) is 6.79. The van der Waals surface area contributed by atoms with Gasteiger partial charge in [-0.25, -0.2) is 0 Å². The van der Waals surface area contributed by atoms with Gasteiger partial charge in [-0.2, -0.15) is 0 Å². The van der Waals surface area contributed by atoms with E-state index in [0.717, 1.165) is 12.6 Å². The number of nitrogens with zero attached hydrogens (tertiary/aromatic N) is 1. The third-order valence-electron chi connectivity index (χ3n) is 1.57. The lowest BCUT2D eigenvalue weighted by Gasteiger charge is -2.12. The van der Waals surface area contributed by atoms with Gasteiger partial charge < -0.3 is 13.8 Å². The molecule has 0 aliphatic carbocycles. The van der Waals surface area contributed by atoms with Crippen molar-refractivity contribution < 1.29 is 8.85 Å². The highest BCUT2D eigenvalue weighted by atomic mass is 28.3. The highest BCUT2D eigenvalue weighted by Crippen LogP contribution is 1.99. The fourth-order valence-electron chi connectivity index (χ4n) is 0.906. The van der Waals surface area contributed by atoms with Gasteiger partial charge in [0.2, 0.25) is 0 Å². The predicted octanol–water partition coefficient (Wildman–Crippen LogP) is 0.451. The molecule has 0 aliphatic heterocycles. The number of hydrogen-bond donors (Lipinski definition) is 0. The SMILES string of the molecule is CO[SiH](CCCN(C)C)OC. The molecule has 68 valence electrons. The molecule has 0 heterocycles. The summed E-state index contributed by atoms with van der Waals surface area (Å²) < 4.78 is 10.4. The highest BCUT2D eigenvalue weighted by Gasteiger charge is 2.07. The fraction of sp³-hybridized carbons (Fsp3) is 1.00. The monoisotopic (exact) mass is 177 g/mol. The van der Waals surface area contributed by atoms with Gasteiger partial charge in [-0.1, -0.05) is 0 Å². The van der Waals surface area contributed by atoms with Crippen molar-refractivity contribution in [1.82, 2.24) is 4.90 Å². The third-order valence-corrected chi connectivity index (χ3v) is 3.50. The Labute approximate surface area is 71.1 Å². The van der Waals surface area contributed by atoms with Crippen molar-refractivity contribution in [2.45, 2.75) is 12.5 Å². The zero-order chi connectivity index (χ0) is 8.69. The van der Waals surface area contributed by atoms with E-state index in [9.17, 15) is 0 Å². The Balaban J connectivity index is 3.21. The van der Waals surface area contributed by atoms with E-state index in [1.165, 1.54) is 6.42 Å². The fourth-order valence-corrected chi connectivity index (χ4v) is 2.09. The summed E-state index contributed by atoms with van der Waals surface area (Å²) in [6.07, 6.45) is 1.17. The van der Waals surface area contributed by atoms with Crippen LogP contribution in [0.5, 0.6) is 0 Å². The van der Waals surface area contributed by atoms with Gasteiger partial charge in [0.1, 0.15) is 0 Å². The molecule has 11 heavy (non-hydrogen) atoms. The Bertz CT molecular complexity index is 86.5. The van der Waals surface area contributed by atoms with E-state index in [0.29, 0.717) is 0 Å². The van der Waals surface area contributed by atoms with Gasteiger partial charge in [0.05, 0.1) is 0 Å². The first-order valence-electron chi connectivity index (χ1n) is 3.91. The molecular weight excluding hydrogens is 158 g/mol. The van der Waals surface area contributed by atoms with Crippen LogP contribution in [-0.2, 0) is 8.85 Å². The minimum absolute atomic E-state index is 1.10. The second-order valence-corrected chi connectivity index (χ2v) is 5.23. The first kappa shape index (κ1) is 11.1. The molecule has 0 amide bonds. The van der Waals surface area contributed by atoms with Crippen LogP contribution in [0.25, 0.3) is 0 Å². The zero-order valence-electron chi connectivity index (χ0n) is 7.96. The van der Waals surface area contributed by atoms with Crippen LogP contribution >= 0.6 is 0 Å². The molecule has 3 nitrogen and oxygen atoms in total. The summed E-state index contributed by atoms with van der Waals surface area (Å²) in [5, 5.41) is 0. The quantitative estimate of drug-likeness (QED) is 0.550. The average Bonchev–Trinajstić information content (AvgIpc) is 1.98. The molecule has 0 rings (SSSR count).